The minimum absolute atomic E-state index is 0.0275. The number of allylic oxidation sites excluding steroid dienone is 2. The topological polar surface area (TPSA) is 52.6 Å². The minimum Gasteiger partial charge on any atom is -0.489 e. The first-order valence-corrected chi connectivity index (χ1v) is 13.5. The first-order valence-electron chi connectivity index (χ1n) is 13.5. The summed E-state index contributed by atoms with van der Waals surface area (Å²) >= 11 is 0. The van der Waals surface area contributed by atoms with E-state index in [4.69, 9.17) is 9.47 Å². The van der Waals surface area contributed by atoms with Crippen molar-refractivity contribution >= 4 is 11.6 Å². The second-order valence-corrected chi connectivity index (χ2v) is 9.44. The third kappa shape index (κ3) is 11.4. The van der Waals surface area contributed by atoms with Crippen LogP contribution in [0.5, 0.6) is 0 Å². The number of rotatable bonds is 21. The van der Waals surface area contributed by atoms with Gasteiger partial charge in [0.2, 0.25) is 23.1 Å². The van der Waals surface area contributed by atoms with Crippen molar-refractivity contribution in [3.05, 3.63) is 29.6 Å². The maximum Gasteiger partial charge on any atom is 0.228 e. The van der Waals surface area contributed by atoms with Crippen LogP contribution in [0.2, 0.25) is 0 Å². The quantitative estimate of drug-likeness (QED) is 0.128. The Kier molecular flexibility index (Phi) is 16.8. The largest absolute Gasteiger partial charge is 0.489 e. The lowest BCUT2D eigenvalue weighted by molar-refractivity contribution is -0.121. The molecule has 0 aromatic heterocycles. The number of ether oxygens (including phenoxy) is 2. The molecule has 0 aliphatic heterocycles. The van der Waals surface area contributed by atoms with Crippen LogP contribution in [0.1, 0.15) is 129 Å². The molecule has 4 heteroatoms. The highest BCUT2D eigenvalue weighted by atomic mass is 16.5. The van der Waals surface area contributed by atoms with Crippen LogP contribution in [0.15, 0.2) is 22.7 Å². The lowest BCUT2D eigenvalue weighted by Gasteiger charge is -2.20. The molecule has 0 saturated carbocycles. The number of hydrogen-bond donors (Lipinski definition) is 0. The molecule has 0 spiro atoms. The van der Waals surface area contributed by atoms with Gasteiger partial charge in [-0.05, 0) is 19.8 Å². The minimum atomic E-state index is -0.232. The van der Waals surface area contributed by atoms with Crippen molar-refractivity contribution in [2.45, 2.75) is 129 Å². The van der Waals surface area contributed by atoms with E-state index in [9.17, 15) is 9.59 Å². The summed E-state index contributed by atoms with van der Waals surface area (Å²) in [7, 11) is 2.81. The number of hydrogen-bond acceptors (Lipinski definition) is 4. The molecule has 0 amide bonds. The Morgan fingerprint density at radius 3 is 1.24 bits per heavy atom. The summed E-state index contributed by atoms with van der Waals surface area (Å²) in [6.45, 7) is 5.61. The number of methoxy groups -OCH3 is 2. The van der Waals surface area contributed by atoms with Crippen LogP contribution in [0, 0.1) is 6.92 Å². The van der Waals surface area contributed by atoms with Crippen molar-refractivity contribution in [1.29, 1.82) is 0 Å². The molecule has 33 heavy (non-hydrogen) atoms. The third-order valence-electron chi connectivity index (χ3n) is 6.77. The fraction of sp³-hybridized carbons (Fsp3) is 0.759. The SMILES string of the molecule is [CH2]CCCCCCCCCCCCCCCCCCCC1=C(C)C(=O)C(OC)=C(OC)C1=O. The Labute approximate surface area is 203 Å². The number of ketones is 2. The second kappa shape index (κ2) is 18.8. The lowest BCUT2D eigenvalue weighted by Crippen LogP contribution is -2.25. The van der Waals surface area contributed by atoms with Crippen molar-refractivity contribution in [2.75, 3.05) is 14.2 Å². The molecular formula is C29H49O4. The summed E-state index contributed by atoms with van der Waals surface area (Å²) in [5.74, 6) is -0.358. The Balaban J connectivity index is 1.99. The zero-order valence-corrected chi connectivity index (χ0v) is 21.8. The molecule has 0 unspecified atom stereocenters. The van der Waals surface area contributed by atoms with Gasteiger partial charge >= 0.3 is 0 Å². The van der Waals surface area contributed by atoms with Crippen LogP contribution >= 0.6 is 0 Å². The van der Waals surface area contributed by atoms with Gasteiger partial charge in [0, 0.05) is 11.1 Å². The Bertz CT molecular complexity index is 630. The van der Waals surface area contributed by atoms with Crippen molar-refractivity contribution < 1.29 is 19.1 Å². The number of carbonyl (C=O) groups is 2. The standard InChI is InChI=1S/C29H49O4/c1-5-6-7-8-9-10-11-12-13-14-15-16-17-18-19-20-21-22-23-25-24(2)26(30)28(32-3)29(33-4)27(25)31/h1,5-23H2,2-4H3. The van der Waals surface area contributed by atoms with Crippen LogP contribution in [0.25, 0.3) is 0 Å². The number of unbranched alkanes of at least 4 members (excludes halogenated alkanes) is 17. The highest BCUT2D eigenvalue weighted by Crippen LogP contribution is 2.28. The molecular weight excluding hydrogens is 412 g/mol. The zero-order chi connectivity index (χ0) is 24.3. The van der Waals surface area contributed by atoms with Crippen LogP contribution in [0.3, 0.4) is 0 Å². The molecule has 1 rings (SSSR count). The van der Waals surface area contributed by atoms with Gasteiger partial charge in [0.05, 0.1) is 14.2 Å². The summed E-state index contributed by atoms with van der Waals surface area (Å²) in [4.78, 5) is 25.0. The van der Waals surface area contributed by atoms with Crippen molar-refractivity contribution in [3.63, 3.8) is 0 Å². The van der Waals surface area contributed by atoms with E-state index >= 15 is 0 Å². The molecule has 1 aliphatic carbocycles. The molecule has 0 atom stereocenters. The average molecular weight is 462 g/mol. The van der Waals surface area contributed by atoms with E-state index in [2.05, 4.69) is 6.92 Å². The third-order valence-corrected chi connectivity index (χ3v) is 6.77. The summed E-state index contributed by atoms with van der Waals surface area (Å²) in [6, 6.07) is 0. The first kappa shape index (κ1) is 29.5. The molecule has 189 valence electrons. The molecule has 0 aromatic rings. The molecule has 4 nitrogen and oxygen atoms in total. The van der Waals surface area contributed by atoms with Crippen LogP contribution < -0.4 is 0 Å². The lowest BCUT2D eigenvalue weighted by atomic mass is 9.89. The van der Waals surface area contributed by atoms with Gasteiger partial charge in [0.25, 0.3) is 0 Å². The maximum absolute atomic E-state index is 12.6. The zero-order valence-electron chi connectivity index (χ0n) is 21.8. The highest BCUT2D eigenvalue weighted by molar-refractivity contribution is 6.23. The van der Waals surface area contributed by atoms with Crippen LogP contribution in [0.4, 0.5) is 0 Å². The normalized spacial score (nSPS) is 14.4. The maximum atomic E-state index is 12.6. The number of Topliss-reactive ketones (excluding diaryl/α,β-unsaturated/α-hetero) is 2. The summed E-state index contributed by atoms with van der Waals surface area (Å²) in [5.41, 5.74) is 1.09. The molecule has 0 heterocycles. The number of carbonyl (C=O) groups excluding carboxylic acids is 2. The van der Waals surface area contributed by atoms with E-state index in [1.165, 1.54) is 111 Å². The van der Waals surface area contributed by atoms with Crippen molar-refractivity contribution in [2.24, 2.45) is 0 Å². The molecule has 1 aliphatic rings. The predicted molar refractivity (Wildman–Crippen MR) is 137 cm³/mol. The Morgan fingerprint density at radius 2 is 0.879 bits per heavy atom. The van der Waals surface area contributed by atoms with Gasteiger partial charge in [0.15, 0.2) is 0 Å². The summed E-state index contributed by atoms with van der Waals surface area (Å²) < 4.78 is 10.2. The van der Waals surface area contributed by atoms with Gasteiger partial charge in [-0.2, -0.15) is 0 Å². The van der Waals surface area contributed by atoms with Crippen molar-refractivity contribution in [3.8, 4) is 0 Å². The molecule has 0 fully saturated rings. The van der Waals surface area contributed by atoms with Gasteiger partial charge < -0.3 is 9.47 Å². The Morgan fingerprint density at radius 1 is 0.545 bits per heavy atom. The molecule has 0 aromatic carbocycles. The molecule has 0 N–H and O–H groups in total. The fourth-order valence-electron chi connectivity index (χ4n) is 4.62. The molecule has 1 radical (unpaired) electrons. The van der Waals surface area contributed by atoms with Crippen LogP contribution in [-0.4, -0.2) is 25.8 Å². The monoisotopic (exact) mass is 461 g/mol. The van der Waals surface area contributed by atoms with E-state index in [-0.39, 0.29) is 23.1 Å². The van der Waals surface area contributed by atoms with E-state index in [0.717, 1.165) is 19.3 Å². The molecule has 0 bridgehead atoms. The fourth-order valence-corrected chi connectivity index (χ4v) is 4.62. The predicted octanol–water partition coefficient (Wildman–Crippen LogP) is 8.21. The average Bonchev–Trinajstić information content (AvgIpc) is 2.82. The summed E-state index contributed by atoms with van der Waals surface area (Å²) in [5, 5.41) is 0. The Hall–Kier alpha value is -1.58. The smallest absolute Gasteiger partial charge is 0.228 e. The van der Waals surface area contributed by atoms with E-state index < -0.39 is 0 Å². The van der Waals surface area contributed by atoms with Crippen molar-refractivity contribution in [1.82, 2.24) is 0 Å². The van der Waals surface area contributed by atoms with Gasteiger partial charge in [-0.25, -0.2) is 0 Å². The van der Waals surface area contributed by atoms with Gasteiger partial charge in [-0.1, -0.05) is 116 Å². The summed E-state index contributed by atoms with van der Waals surface area (Å²) in [6.07, 6.45) is 24.1. The van der Waals surface area contributed by atoms with E-state index in [1.54, 1.807) is 6.92 Å². The first-order chi connectivity index (χ1) is 16.1. The van der Waals surface area contributed by atoms with Gasteiger partial charge in [-0.15, -0.1) is 0 Å². The highest BCUT2D eigenvalue weighted by Gasteiger charge is 2.34. The van der Waals surface area contributed by atoms with Crippen LogP contribution in [-0.2, 0) is 19.1 Å². The molecule has 0 saturated heterocycles. The van der Waals surface area contributed by atoms with E-state index in [1.807, 2.05) is 0 Å². The second-order valence-electron chi connectivity index (χ2n) is 9.44. The van der Waals surface area contributed by atoms with Gasteiger partial charge in [-0.3, -0.25) is 9.59 Å². The van der Waals surface area contributed by atoms with E-state index in [0.29, 0.717) is 17.6 Å². The van der Waals surface area contributed by atoms with Gasteiger partial charge in [0.1, 0.15) is 0 Å².